The first-order valence-corrected chi connectivity index (χ1v) is 6.34. The largest absolute Gasteiger partial charge is 0.325 e. The van der Waals surface area contributed by atoms with Crippen molar-refractivity contribution in [3.63, 3.8) is 0 Å². The lowest BCUT2D eigenvalue weighted by Gasteiger charge is -2.02. The van der Waals surface area contributed by atoms with Crippen LogP contribution in [0.3, 0.4) is 0 Å². The third-order valence-electron chi connectivity index (χ3n) is 1.91. The van der Waals surface area contributed by atoms with Gasteiger partial charge in [0.1, 0.15) is 0 Å². The first-order chi connectivity index (χ1) is 7.78. The maximum absolute atomic E-state index is 5.53. The molecular formula is C11H10BrN3S. The molecule has 0 saturated heterocycles. The molecule has 0 bridgehead atoms. The standard InChI is InChI=1S/C11H10BrN3S/c12-8-2-1-3-10(6-8)16-11-14-5-4-9(7-13)15-11/h1-6H,7,13H2. The molecule has 0 amide bonds. The molecule has 5 heteroatoms. The normalized spacial score (nSPS) is 10.4. The summed E-state index contributed by atoms with van der Waals surface area (Å²) in [5, 5.41) is 0.723. The molecule has 1 heterocycles. The van der Waals surface area contributed by atoms with Gasteiger partial charge in [-0.1, -0.05) is 22.0 Å². The van der Waals surface area contributed by atoms with E-state index in [1.165, 1.54) is 11.8 Å². The summed E-state index contributed by atoms with van der Waals surface area (Å²) < 4.78 is 1.05. The van der Waals surface area contributed by atoms with Crippen LogP contribution >= 0.6 is 27.7 Å². The zero-order valence-corrected chi connectivity index (χ0v) is 10.8. The Morgan fingerprint density at radius 3 is 2.94 bits per heavy atom. The molecule has 2 N–H and O–H groups in total. The van der Waals surface area contributed by atoms with E-state index in [1.807, 2.05) is 30.3 Å². The van der Waals surface area contributed by atoms with Gasteiger partial charge in [0.05, 0.1) is 5.69 Å². The summed E-state index contributed by atoms with van der Waals surface area (Å²) in [5.74, 6) is 0. The smallest absolute Gasteiger partial charge is 0.192 e. The highest BCUT2D eigenvalue weighted by atomic mass is 79.9. The van der Waals surface area contributed by atoms with Crippen LogP contribution < -0.4 is 5.73 Å². The Hall–Kier alpha value is -0.910. The average Bonchev–Trinajstić information content (AvgIpc) is 2.29. The van der Waals surface area contributed by atoms with E-state index in [0.29, 0.717) is 6.54 Å². The van der Waals surface area contributed by atoms with Gasteiger partial charge in [0.15, 0.2) is 5.16 Å². The number of hydrogen-bond donors (Lipinski definition) is 1. The molecule has 0 fully saturated rings. The Morgan fingerprint density at radius 1 is 1.31 bits per heavy atom. The highest BCUT2D eigenvalue weighted by Crippen LogP contribution is 2.26. The summed E-state index contributed by atoms with van der Waals surface area (Å²) in [6, 6.07) is 9.85. The molecule has 0 saturated carbocycles. The number of nitrogens with two attached hydrogens (primary N) is 1. The summed E-state index contributed by atoms with van der Waals surface area (Å²) in [7, 11) is 0. The second-order valence-electron chi connectivity index (χ2n) is 3.09. The van der Waals surface area contributed by atoms with Crippen LogP contribution in [0, 0.1) is 0 Å². The van der Waals surface area contributed by atoms with E-state index < -0.39 is 0 Å². The van der Waals surface area contributed by atoms with Gasteiger partial charge in [-0.2, -0.15) is 0 Å². The van der Waals surface area contributed by atoms with E-state index in [4.69, 9.17) is 5.73 Å². The summed E-state index contributed by atoms with van der Waals surface area (Å²) in [6.45, 7) is 0.439. The van der Waals surface area contributed by atoms with E-state index in [-0.39, 0.29) is 0 Å². The van der Waals surface area contributed by atoms with Crippen LogP contribution in [0.2, 0.25) is 0 Å². The van der Waals surface area contributed by atoms with E-state index in [1.54, 1.807) is 6.20 Å². The van der Waals surface area contributed by atoms with Gasteiger partial charge in [-0.15, -0.1) is 0 Å². The van der Waals surface area contributed by atoms with Crippen molar-refractivity contribution in [1.82, 2.24) is 9.97 Å². The summed E-state index contributed by atoms with van der Waals surface area (Å²) in [5.41, 5.74) is 6.38. The Kier molecular flexibility index (Phi) is 3.93. The molecule has 2 rings (SSSR count). The molecule has 1 aromatic carbocycles. The van der Waals surface area contributed by atoms with E-state index in [2.05, 4.69) is 25.9 Å². The molecule has 0 aliphatic rings. The Bertz CT molecular complexity index is 490. The molecule has 0 radical (unpaired) electrons. The van der Waals surface area contributed by atoms with Gasteiger partial charge in [0.2, 0.25) is 0 Å². The van der Waals surface area contributed by atoms with Crippen molar-refractivity contribution >= 4 is 27.7 Å². The first-order valence-electron chi connectivity index (χ1n) is 4.73. The van der Waals surface area contributed by atoms with Crippen molar-refractivity contribution in [3.05, 3.63) is 46.7 Å². The molecule has 16 heavy (non-hydrogen) atoms. The third-order valence-corrected chi connectivity index (χ3v) is 3.27. The number of rotatable bonds is 3. The molecule has 0 aliphatic heterocycles. The molecule has 3 nitrogen and oxygen atoms in total. The van der Waals surface area contributed by atoms with Crippen LogP contribution in [0.1, 0.15) is 5.69 Å². The van der Waals surface area contributed by atoms with Crippen molar-refractivity contribution in [1.29, 1.82) is 0 Å². The molecule has 2 aromatic rings. The molecule has 0 spiro atoms. The van der Waals surface area contributed by atoms with Crippen LogP contribution in [0.4, 0.5) is 0 Å². The van der Waals surface area contributed by atoms with Crippen molar-refractivity contribution in [3.8, 4) is 0 Å². The number of benzene rings is 1. The lowest BCUT2D eigenvalue weighted by molar-refractivity contribution is 0.874. The second-order valence-corrected chi connectivity index (χ2v) is 5.05. The maximum Gasteiger partial charge on any atom is 0.192 e. The van der Waals surface area contributed by atoms with Gasteiger partial charge in [0, 0.05) is 22.1 Å². The second kappa shape index (κ2) is 5.43. The monoisotopic (exact) mass is 295 g/mol. The Labute approximate surface area is 107 Å². The molecule has 0 aliphatic carbocycles. The summed E-state index contributed by atoms with van der Waals surface area (Å²) in [6.07, 6.45) is 1.73. The molecular weight excluding hydrogens is 286 g/mol. The molecule has 82 valence electrons. The molecule has 1 aromatic heterocycles. The van der Waals surface area contributed by atoms with Crippen LogP contribution in [-0.4, -0.2) is 9.97 Å². The highest BCUT2D eigenvalue weighted by Gasteiger charge is 2.01. The predicted molar refractivity (Wildman–Crippen MR) is 68.2 cm³/mol. The number of nitrogens with zero attached hydrogens (tertiary/aromatic N) is 2. The summed E-state index contributed by atoms with van der Waals surface area (Å²) in [4.78, 5) is 9.62. The van der Waals surface area contributed by atoms with Crippen LogP contribution in [0.25, 0.3) is 0 Å². The summed E-state index contributed by atoms with van der Waals surface area (Å²) >= 11 is 4.95. The van der Waals surface area contributed by atoms with Crippen molar-refractivity contribution in [2.24, 2.45) is 5.73 Å². The molecule has 0 atom stereocenters. The Balaban J connectivity index is 2.20. The molecule has 0 unspecified atom stereocenters. The van der Waals surface area contributed by atoms with Gasteiger partial charge in [0.25, 0.3) is 0 Å². The SMILES string of the molecule is NCc1ccnc(Sc2cccc(Br)c2)n1. The highest BCUT2D eigenvalue weighted by molar-refractivity contribution is 9.10. The van der Waals surface area contributed by atoms with Crippen LogP contribution in [0.15, 0.2) is 51.1 Å². The number of aromatic nitrogens is 2. The van der Waals surface area contributed by atoms with E-state index in [0.717, 1.165) is 20.2 Å². The minimum absolute atomic E-state index is 0.439. The van der Waals surface area contributed by atoms with Gasteiger partial charge in [-0.25, -0.2) is 9.97 Å². The van der Waals surface area contributed by atoms with Gasteiger partial charge < -0.3 is 5.73 Å². The third kappa shape index (κ3) is 3.04. The quantitative estimate of drug-likeness (QED) is 0.885. The number of halogens is 1. The fourth-order valence-corrected chi connectivity index (χ4v) is 2.55. The minimum Gasteiger partial charge on any atom is -0.325 e. The van der Waals surface area contributed by atoms with Gasteiger partial charge in [-0.05, 0) is 36.0 Å². The van der Waals surface area contributed by atoms with E-state index in [9.17, 15) is 0 Å². The van der Waals surface area contributed by atoms with Crippen molar-refractivity contribution in [2.45, 2.75) is 16.6 Å². The minimum atomic E-state index is 0.439. The van der Waals surface area contributed by atoms with Gasteiger partial charge >= 0.3 is 0 Å². The number of hydrogen-bond acceptors (Lipinski definition) is 4. The van der Waals surface area contributed by atoms with Crippen molar-refractivity contribution < 1.29 is 0 Å². The van der Waals surface area contributed by atoms with Crippen LogP contribution in [-0.2, 0) is 6.54 Å². The Morgan fingerprint density at radius 2 is 2.19 bits per heavy atom. The topological polar surface area (TPSA) is 51.8 Å². The average molecular weight is 296 g/mol. The lowest BCUT2D eigenvalue weighted by Crippen LogP contribution is -2.00. The fourth-order valence-electron chi connectivity index (χ4n) is 1.17. The fraction of sp³-hybridized carbons (Fsp3) is 0.0909. The van der Waals surface area contributed by atoms with Crippen molar-refractivity contribution in [2.75, 3.05) is 0 Å². The lowest BCUT2D eigenvalue weighted by atomic mass is 10.4. The van der Waals surface area contributed by atoms with Crippen LogP contribution in [0.5, 0.6) is 0 Å². The van der Waals surface area contributed by atoms with E-state index >= 15 is 0 Å². The first kappa shape index (κ1) is 11.6. The maximum atomic E-state index is 5.53. The zero-order valence-electron chi connectivity index (χ0n) is 8.43. The zero-order chi connectivity index (χ0) is 11.4. The van der Waals surface area contributed by atoms with Gasteiger partial charge in [-0.3, -0.25) is 0 Å². The predicted octanol–water partition coefficient (Wildman–Crippen LogP) is 2.85.